The van der Waals surface area contributed by atoms with Crippen molar-refractivity contribution in [2.45, 2.75) is 55.2 Å². The van der Waals surface area contributed by atoms with Crippen molar-refractivity contribution in [3.63, 3.8) is 0 Å². The summed E-state index contributed by atoms with van der Waals surface area (Å²) < 4.78 is 0.747. The number of rotatable bonds is 4. The molecule has 106 valence electrons. The van der Waals surface area contributed by atoms with Gasteiger partial charge < -0.3 is 11.1 Å². The van der Waals surface area contributed by atoms with Crippen LogP contribution in [0.25, 0.3) is 0 Å². The van der Waals surface area contributed by atoms with Crippen LogP contribution in [0.15, 0.2) is 4.34 Å². The van der Waals surface area contributed by atoms with Gasteiger partial charge in [-0.3, -0.25) is 4.79 Å². The quantitative estimate of drug-likeness (QED) is 0.834. The lowest BCUT2D eigenvalue weighted by molar-refractivity contribution is -0.121. The molecule has 0 aromatic carbocycles. The van der Waals surface area contributed by atoms with Crippen LogP contribution in [0.3, 0.4) is 0 Å². The predicted molar refractivity (Wildman–Crippen MR) is 79.2 cm³/mol. The summed E-state index contributed by atoms with van der Waals surface area (Å²) in [6.45, 7) is 4.11. The molecule has 1 aliphatic rings. The summed E-state index contributed by atoms with van der Waals surface area (Å²) in [5.74, 6) is 0.657. The predicted octanol–water partition coefficient (Wildman–Crippen LogP) is 2.30. The average molecular weight is 300 g/mol. The highest BCUT2D eigenvalue weighted by Crippen LogP contribution is 2.28. The minimum Gasteiger partial charge on any atom is -0.374 e. The monoisotopic (exact) mass is 300 g/mol. The zero-order valence-electron chi connectivity index (χ0n) is 11.3. The Morgan fingerprint density at radius 1 is 1.47 bits per heavy atom. The number of nitrogen functional groups attached to an aromatic ring is 1. The molecule has 0 spiro atoms. The Hall–Kier alpha value is -0.820. The highest BCUT2D eigenvalue weighted by atomic mass is 32.2. The fourth-order valence-corrected chi connectivity index (χ4v) is 4.09. The molecule has 1 amide bonds. The number of anilines is 1. The molecular weight excluding hydrogens is 280 g/mol. The lowest BCUT2D eigenvalue weighted by atomic mass is 9.86. The van der Waals surface area contributed by atoms with Crippen LogP contribution in [0.4, 0.5) is 5.13 Å². The van der Waals surface area contributed by atoms with Gasteiger partial charge in [-0.25, -0.2) is 0 Å². The first-order valence-corrected chi connectivity index (χ1v) is 8.32. The zero-order chi connectivity index (χ0) is 13.8. The molecule has 3 N–H and O–H groups in total. The summed E-state index contributed by atoms with van der Waals surface area (Å²) in [6.07, 6.45) is 4.79. The summed E-state index contributed by atoms with van der Waals surface area (Å²) in [7, 11) is 0. The molecule has 1 heterocycles. The number of nitrogens with zero attached hydrogens (tertiary/aromatic N) is 2. The highest BCUT2D eigenvalue weighted by Gasteiger charge is 2.25. The molecule has 1 aromatic heterocycles. The van der Waals surface area contributed by atoms with Crippen LogP contribution in [-0.4, -0.2) is 27.4 Å². The summed E-state index contributed by atoms with van der Waals surface area (Å²) in [6, 6.07) is 0.323. The molecule has 0 radical (unpaired) electrons. The number of carbonyl (C=O) groups excluding carboxylic acids is 1. The van der Waals surface area contributed by atoms with Crippen LogP contribution in [0.5, 0.6) is 0 Å². The number of amides is 1. The highest BCUT2D eigenvalue weighted by molar-refractivity contribution is 8.02. The third kappa shape index (κ3) is 4.07. The molecule has 1 saturated carbocycles. The van der Waals surface area contributed by atoms with E-state index in [1.165, 1.54) is 42.4 Å². The van der Waals surface area contributed by atoms with E-state index in [1.807, 2.05) is 6.92 Å². The molecular formula is C12H20N4OS2. The van der Waals surface area contributed by atoms with Crippen molar-refractivity contribution in [2.24, 2.45) is 5.92 Å². The van der Waals surface area contributed by atoms with E-state index in [4.69, 9.17) is 5.73 Å². The van der Waals surface area contributed by atoms with Crippen molar-refractivity contribution in [3.05, 3.63) is 0 Å². The number of hydrogen-bond acceptors (Lipinski definition) is 6. The fraction of sp³-hybridized carbons (Fsp3) is 0.750. The number of nitrogens with two attached hydrogens (primary N) is 1. The first kappa shape index (κ1) is 14.6. The van der Waals surface area contributed by atoms with Crippen molar-refractivity contribution in [1.29, 1.82) is 0 Å². The van der Waals surface area contributed by atoms with Crippen LogP contribution in [-0.2, 0) is 4.79 Å². The van der Waals surface area contributed by atoms with E-state index < -0.39 is 0 Å². The molecule has 5 nitrogen and oxygen atoms in total. The van der Waals surface area contributed by atoms with Gasteiger partial charge in [0.1, 0.15) is 0 Å². The second-order valence-corrected chi connectivity index (χ2v) is 7.64. The number of thioether (sulfide) groups is 1. The Morgan fingerprint density at radius 2 is 2.21 bits per heavy atom. The van der Waals surface area contributed by atoms with Gasteiger partial charge in [-0.2, -0.15) is 0 Å². The van der Waals surface area contributed by atoms with Gasteiger partial charge in [-0.15, -0.1) is 10.2 Å². The summed E-state index contributed by atoms with van der Waals surface area (Å²) in [4.78, 5) is 12.2. The van der Waals surface area contributed by atoms with E-state index in [0.717, 1.165) is 10.8 Å². The summed E-state index contributed by atoms with van der Waals surface area (Å²) in [5.41, 5.74) is 5.53. The van der Waals surface area contributed by atoms with Crippen molar-refractivity contribution in [3.8, 4) is 0 Å². The first-order valence-electron chi connectivity index (χ1n) is 6.62. The second-order valence-electron chi connectivity index (χ2n) is 5.04. The number of carbonyl (C=O) groups is 1. The standard InChI is InChI=1S/C12H20N4OS2/c1-7-5-3-4-6-9(7)14-10(17)8(2)18-12-16-15-11(13)19-12/h7-9H,3-6H2,1-2H3,(H2,13,15)(H,14,17)/t7-,8+,9+/m0/s1. The van der Waals surface area contributed by atoms with Crippen molar-refractivity contribution >= 4 is 34.1 Å². The summed E-state index contributed by atoms with van der Waals surface area (Å²) in [5, 5.41) is 11.1. The lowest BCUT2D eigenvalue weighted by Gasteiger charge is -2.30. The number of hydrogen-bond donors (Lipinski definition) is 2. The van der Waals surface area contributed by atoms with Gasteiger partial charge in [-0.1, -0.05) is 42.9 Å². The van der Waals surface area contributed by atoms with E-state index in [1.54, 1.807) is 0 Å². The van der Waals surface area contributed by atoms with Gasteiger partial charge in [0.2, 0.25) is 11.0 Å². The topological polar surface area (TPSA) is 80.9 Å². The largest absolute Gasteiger partial charge is 0.374 e. The van der Waals surface area contributed by atoms with Crippen molar-refractivity contribution < 1.29 is 4.79 Å². The third-order valence-corrected chi connectivity index (χ3v) is 5.44. The van der Waals surface area contributed by atoms with Crippen molar-refractivity contribution in [2.75, 3.05) is 5.73 Å². The molecule has 2 rings (SSSR count). The Bertz CT molecular complexity index is 437. The molecule has 0 aliphatic heterocycles. The molecule has 0 bridgehead atoms. The van der Waals surface area contributed by atoms with Gasteiger partial charge in [-0.05, 0) is 25.7 Å². The van der Waals surface area contributed by atoms with E-state index in [-0.39, 0.29) is 11.2 Å². The maximum absolute atomic E-state index is 12.2. The van der Waals surface area contributed by atoms with E-state index in [2.05, 4.69) is 22.4 Å². The Morgan fingerprint density at radius 3 is 2.84 bits per heavy atom. The van der Waals surface area contributed by atoms with E-state index in [0.29, 0.717) is 17.1 Å². The Balaban J connectivity index is 1.85. The third-order valence-electron chi connectivity index (χ3n) is 3.51. The van der Waals surface area contributed by atoms with Crippen LogP contribution < -0.4 is 11.1 Å². The van der Waals surface area contributed by atoms with Crippen LogP contribution in [0.1, 0.15) is 39.5 Å². The Kier molecular flexibility index (Phi) is 5.04. The maximum Gasteiger partial charge on any atom is 0.233 e. The summed E-state index contributed by atoms with van der Waals surface area (Å²) >= 11 is 2.73. The number of aromatic nitrogens is 2. The van der Waals surface area contributed by atoms with Gasteiger partial charge >= 0.3 is 0 Å². The Labute approximate surface area is 121 Å². The average Bonchev–Trinajstić information content (AvgIpc) is 2.77. The second kappa shape index (κ2) is 6.56. The molecule has 19 heavy (non-hydrogen) atoms. The number of nitrogens with one attached hydrogen (secondary N) is 1. The SMILES string of the molecule is C[C@@H](Sc1nnc(N)s1)C(=O)N[C@@H]1CCCC[C@@H]1C. The lowest BCUT2D eigenvalue weighted by Crippen LogP contribution is -2.44. The molecule has 1 aliphatic carbocycles. The zero-order valence-corrected chi connectivity index (χ0v) is 12.9. The fourth-order valence-electron chi connectivity index (χ4n) is 2.30. The molecule has 7 heteroatoms. The first-order chi connectivity index (χ1) is 9.06. The normalized spacial score (nSPS) is 24.9. The van der Waals surface area contributed by atoms with Crippen LogP contribution in [0.2, 0.25) is 0 Å². The van der Waals surface area contributed by atoms with Gasteiger partial charge in [0.05, 0.1) is 5.25 Å². The van der Waals surface area contributed by atoms with Crippen LogP contribution in [0, 0.1) is 5.92 Å². The minimum absolute atomic E-state index is 0.0810. The molecule has 0 unspecified atom stereocenters. The molecule has 1 fully saturated rings. The van der Waals surface area contributed by atoms with Crippen molar-refractivity contribution in [1.82, 2.24) is 15.5 Å². The van der Waals surface area contributed by atoms with E-state index in [9.17, 15) is 4.79 Å². The van der Waals surface area contributed by atoms with Gasteiger partial charge in [0.25, 0.3) is 0 Å². The van der Waals surface area contributed by atoms with E-state index >= 15 is 0 Å². The van der Waals surface area contributed by atoms with Crippen LogP contribution >= 0.6 is 23.1 Å². The smallest absolute Gasteiger partial charge is 0.233 e. The molecule has 0 saturated heterocycles. The minimum atomic E-state index is -0.165. The van der Waals surface area contributed by atoms with Gasteiger partial charge in [0.15, 0.2) is 4.34 Å². The maximum atomic E-state index is 12.2. The molecule has 1 aromatic rings. The molecule has 3 atom stereocenters. The van der Waals surface area contributed by atoms with Gasteiger partial charge in [0, 0.05) is 6.04 Å².